The first-order valence-electron chi connectivity index (χ1n) is 16.7. The molecule has 0 atom stereocenters. The summed E-state index contributed by atoms with van der Waals surface area (Å²) in [5.74, 6) is 0. The van der Waals surface area contributed by atoms with Crippen LogP contribution in [0.15, 0.2) is 48.5 Å². The fourth-order valence-electron chi connectivity index (χ4n) is 8.67. The standard InChI is InChI=1S/C36H52As2/c1-5-17-29(18-6-1)37(30-19-7-2-8-20-30)35-27-15-13-25-33(35)34-26-14-16-28-36(34)38(31-21-9-3-10-22-31)32-23-11-4-12-24-32/h13-16,25-32H,1-12,17-24H2. The van der Waals surface area contributed by atoms with Crippen LogP contribution in [0.3, 0.4) is 0 Å². The molecule has 4 aliphatic rings. The van der Waals surface area contributed by atoms with Crippen LogP contribution in [0.4, 0.5) is 0 Å². The summed E-state index contributed by atoms with van der Waals surface area (Å²) in [6, 6.07) is 20.1. The zero-order valence-electron chi connectivity index (χ0n) is 24.0. The van der Waals surface area contributed by atoms with E-state index in [1.165, 1.54) is 128 Å². The molecule has 38 heavy (non-hydrogen) atoms. The second-order valence-corrected chi connectivity index (χ2v) is 24.6. The summed E-state index contributed by atoms with van der Waals surface area (Å²) < 4.78 is 8.01. The van der Waals surface area contributed by atoms with Gasteiger partial charge in [-0.3, -0.25) is 0 Å². The van der Waals surface area contributed by atoms with Crippen LogP contribution in [0, 0.1) is 0 Å². The summed E-state index contributed by atoms with van der Waals surface area (Å²) in [4.78, 5) is 0. The fourth-order valence-corrected chi connectivity index (χ4v) is 25.3. The van der Waals surface area contributed by atoms with Crippen LogP contribution < -0.4 is 8.70 Å². The van der Waals surface area contributed by atoms with Gasteiger partial charge in [0.15, 0.2) is 0 Å². The van der Waals surface area contributed by atoms with Crippen LogP contribution >= 0.6 is 0 Å². The third-order valence-corrected chi connectivity index (χ3v) is 25.4. The van der Waals surface area contributed by atoms with Crippen molar-refractivity contribution in [1.29, 1.82) is 0 Å². The Labute approximate surface area is 243 Å². The summed E-state index contributed by atoms with van der Waals surface area (Å²) in [7, 11) is 0. The Hall–Kier alpha value is -0.443. The van der Waals surface area contributed by atoms with E-state index in [2.05, 4.69) is 48.5 Å². The van der Waals surface area contributed by atoms with Crippen LogP contribution in [-0.2, 0) is 0 Å². The van der Waals surface area contributed by atoms with Gasteiger partial charge in [-0.1, -0.05) is 0 Å². The van der Waals surface area contributed by atoms with Gasteiger partial charge in [0.2, 0.25) is 0 Å². The van der Waals surface area contributed by atoms with Gasteiger partial charge in [0.25, 0.3) is 0 Å². The first kappa shape index (κ1) is 27.7. The van der Waals surface area contributed by atoms with Crippen molar-refractivity contribution in [2.24, 2.45) is 0 Å². The number of benzene rings is 2. The minimum atomic E-state index is -1.16. The SMILES string of the molecule is c1ccc([As](C2CCCCC2)C2CCCCC2)c(-c2ccccc2[As](C2CCCCC2)C2CCCCC2)c1. The first-order chi connectivity index (χ1) is 18.9. The molecule has 0 amide bonds. The Morgan fingerprint density at radius 3 is 0.895 bits per heavy atom. The Morgan fingerprint density at radius 2 is 0.605 bits per heavy atom. The monoisotopic (exact) mass is 634 g/mol. The summed E-state index contributed by atoms with van der Waals surface area (Å²) in [5, 5.41) is 0. The maximum atomic E-state index is 2.66. The Kier molecular flexibility index (Phi) is 10.2. The number of hydrogen-bond acceptors (Lipinski definition) is 0. The number of hydrogen-bond donors (Lipinski definition) is 0. The Morgan fingerprint density at radius 1 is 0.342 bits per heavy atom. The van der Waals surface area contributed by atoms with Gasteiger partial charge >= 0.3 is 245 Å². The van der Waals surface area contributed by atoms with E-state index in [0.717, 1.165) is 18.8 Å². The molecular weight excluding hydrogens is 582 g/mol. The molecule has 0 aliphatic heterocycles. The van der Waals surface area contributed by atoms with Gasteiger partial charge in [-0.25, -0.2) is 0 Å². The third kappa shape index (κ3) is 6.38. The molecule has 2 heteroatoms. The van der Waals surface area contributed by atoms with Crippen molar-refractivity contribution in [3.63, 3.8) is 0 Å². The average Bonchev–Trinajstić information content (AvgIpc) is 3.00. The van der Waals surface area contributed by atoms with Crippen molar-refractivity contribution in [3.8, 4) is 11.1 Å². The molecule has 0 spiro atoms. The molecule has 0 aromatic heterocycles. The maximum absolute atomic E-state index is 2.66. The van der Waals surface area contributed by atoms with Crippen molar-refractivity contribution in [1.82, 2.24) is 0 Å². The van der Waals surface area contributed by atoms with Crippen LogP contribution in [0.2, 0.25) is 18.8 Å². The molecule has 0 heterocycles. The van der Waals surface area contributed by atoms with Crippen molar-refractivity contribution < 1.29 is 0 Å². The second-order valence-electron chi connectivity index (χ2n) is 13.0. The van der Waals surface area contributed by atoms with Gasteiger partial charge in [-0.15, -0.1) is 0 Å². The summed E-state index contributed by atoms with van der Waals surface area (Å²) in [5.41, 5.74) is 3.43. The predicted molar refractivity (Wildman–Crippen MR) is 170 cm³/mol. The van der Waals surface area contributed by atoms with Gasteiger partial charge in [0, 0.05) is 0 Å². The number of rotatable bonds is 7. The third-order valence-electron chi connectivity index (χ3n) is 10.5. The molecule has 0 bridgehead atoms. The second kappa shape index (κ2) is 14.0. The molecule has 6 rings (SSSR count). The summed E-state index contributed by atoms with van der Waals surface area (Å²) in [6.45, 7) is 0. The predicted octanol–water partition coefficient (Wildman–Crippen LogP) is 10.1. The molecule has 4 fully saturated rings. The molecule has 4 aliphatic carbocycles. The van der Waals surface area contributed by atoms with Crippen LogP contribution in [0.1, 0.15) is 128 Å². The molecule has 2 aromatic carbocycles. The van der Waals surface area contributed by atoms with E-state index >= 15 is 0 Å². The zero-order valence-corrected chi connectivity index (χ0v) is 27.7. The molecule has 0 N–H and O–H groups in total. The van der Waals surface area contributed by atoms with E-state index in [9.17, 15) is 0 Å². The normalized spacial score (nSPS) is 23.3. The van der Waals surface area contributed by atoms with E-state index in [-0.39, 0.29) is 0 Å². The molecular formula is C36H52As2. The van der Waals surface area contributed by atoms with Crippen molar-refractivity contribution in [3.05, 3.63) is 48.5 Å². The first-order valence-corrected chi connectivity index (χ1v) is 22.9. The average molecular weight is 635 g/mol. The minimum absolute atomic E-state index is 1.05. The summed E-state index contributed by atoms with van der Waals surface area (Å²) in [6.07, 6.45) is 30.3. The van der Waals surface area contributed by atoms with E-state index in [1.54, 1.807) is 11.1 Å². The zero-order chi connectivity index (χ0) is 25.6. The Bertz CT molecular complexity index is 872. The van der Waals surface area contributed by atoms with Crippen molar-refractivity contribution in [2.75, 3.05) is 0 Å². The fraction of sp³-hybridized carbons (Fsp3) is 0.667. The quantitative estimate of drug-likeness (QED) is 0.266. The van der Waals surface area contributed by atoms with Gasteiger partial charge in [-0.05, 0) is 0 Å². The van der Waals surface area contributed by atoms with Crippen molar-refractivity contribution >= 4 is 38.0 Å². The van der Waals surface area contributed by atoms with Crippen LogP contribution in [0.5, 0.6) is 0 Å². The van der Waals surface area contributed by atoms with Gasteiger partial charge in [0.1, 0.15) is 0 Å². The van der Waals surface area contributed by atoms with Crippen molar-refractivity contribution in [2.45, 2.75) is 147 Å². The molecule has 0 nitrogen and oxygen atoms in total. The Balaban J connectivity index is 1.42. The van der Waals surface area contributed by atoms with Gasteiger partial charge in [0.05, 0.1) is 0 Å². The van der Waals surface area contributed by atoms with E-state index in [0.29, 0.717) is 0 Å². The molecule has 206 valence electrons. The molecule has 0 unspecified atom stereocenters. The van der Waals surface area contributed by atoms with E-state index < -0.39 is 29.3 Å². The van der Waals surface area contributed by atoms with Gasteiger partial charge in [-0.2, -0.15) is 0 Å². The van der Waals surface area contributed by atoms with E-state index in [4.69, 9.17) is 0 Å². The molecule has 0 radical (unpaired) electrons. The van der Waals surface area contributed by atoms with Crippen LogP contribution in [-0.4, -0.2) is 29.3 Å². The molecule has 0 saturated heterocycles. The topological polar surface area (TPSA) is 0 Å². The molecule has 4 saturated carbocycles. The van der Waals surface area contributed by atoms with E-state index in [1.807, 2.05) is 8.70 Å². The molecule has 2 aromatic rings. The van der Waals surface area contributed by atoms with Crippen LogP contribution in [0.25, 0.3) is 11.1 Å². The summed E-state index contributed by atoms with van der Waals surface area (Å²) >= 11 is -2.32. The van der Waals surface area contributed by atoms with Gasteiger partial charge < -0.3 is 0 Å².